The van der Waals surface area contributed by atoms with Gasteiger partial charge in [0.25, 0.3) is 0 Å². The van der Waals surface area contributed by atoms with Gasteiger partial charge < -0.3 is 24.8 Å². The topological polar surface area (TPSA) is 103 Å². The number of ether oxygens (including phenoxy) is 3. The molecule has 1 aromatic carbocycles. The molecule has 8 nitrogen and oxygen atoms in total. The summed E-state index contributed by atoms with van der Waals surface area (Å²) < 4.78 is 15.8. The van der Waals surface area contributed by atoms with E-state index in [2.05, 4.69) is 17.2 Å². The van der Waals surface area contributed by atoms with E-state index in [0.29, 0.717) is 18.8 Å². The van der Waals surface area contributed by atoms with E-state index in [9.17, 15) is 14.4 Å². The fraction of sp³-hybridized carbons (Fsp3) is 0.577. The largest absolute Gasteiger partial charge is 0.493 e. The summed E-state index contributed by atoms with van der Waals surface area (Å²) in [6, 6.07) is 5.51. The van der Waals surface area contributed by atoms with Crippen LogP contribution >= 0.6 is 0 Å². The van der Waals surface area contributed by atoms with Crippen molar-refractivity contribution in [2.45, 2.75) is 78.0 Å². The molecular weight excluding hydrogens is 436 g/mol. The van der Waals surface area contributed by atoms with Crippen LogP contribution in [0, 0.1) is 5.92 Å². The van der Waals surface area contributed by atoms with Crippen molar-refractivity contribution in [2.24, 2.45) is 5.92 Å². The van der Waals surface area contributed by atoms with Gasteiger partial charge >= 0.3 is 12.1 Å². The number of methoxy groups -OCH3 is 1. The summed E-state index contributed by atoms with van der Waals surface area (Å²) in [6.07, 6.45) is 3.29. The van der Waals surface area contributed by atoms with Gasteiger partial charge in [0.2, 0.25) is 5.91 Å². The molecule has 2 N–H and O–H groups in total. The summed E-state index contributed by atoms with van der Waals surface area (Å²) in [4.78, 5) is 37.9. The second kappa shape index (κ2) is 14.3. The minimum Gasteiger partial charge on any atom is -0.493 e. The number of rotatable bonds is 13. The molecule has 0 aliphatic heterocycles. The first-order valence-electron chi connectivity index (χ1n) is 11.7. The fourth-order valence-corrected chi connectivity index (χ4v) is 3.07. The van der Waals surface area contributed by atoms with Crippen molar-refractivity contribution in [1.82, 2.24) is 10.6 Å². The Morgan fingerprint density at radius 2 is 1.74 bits per heavy atom. The number of esters is 1. The Balaban J connectivity index is 3.01. The third kappa shape index (κ3) is 11.2. The number of hydrogen-bond acceptors (Lipinski definition) is 6. The molecule has 0 bridgehead atoms. The summed E-state index contributed by atoms with van der Waals surface area (Å²) in [5.74, 6) is -0.108. The number of benzene rings is 1. The number of hydrogen-bond donors (Lipinski definition) is 2. The SMILES string of the molecule is C=CCCOc1ccc(CC(NC(=O)OC(C)(C)C)C(=O)NC(CC(C)CC)C(=O)OC)cc1. The second-order valence-corrected chi connectivity index (χ2v) is 9.31. The van der Waals surface area contributed by atoms with Gasteiger partial charge in [-0.1, -0.05) is 38.5 Å². The van der Waals surface area contributed by atoms with Gasteiger partial charge in [0, 0.05) is 6.42 Å². The van der Waals surface area contributed by atoms with Crippen LogP contribution in [0.3, 0.4) is 0 Å². The van der Waals surface area contributed by atoms with Crippen LogP contribution < -0.4 is 15.4 Å². The zero-order valence-electron chi connectivity index (χ0n) is 21.3. The lowest BCUT2D eigenvalue weighted by Crippen LogP contribution is -2.53. The average molecular weight is 477 g/mol. The summed E-state index contributed by atoms with van der Waals surface area (Å²) in [6.45, 7) is 13.4. The molecule has 3 unspecified atom stereocenters. The minimum absolute atomic E-state index is 0.204. The van der Waals surface area contributed by atoms with Crippen molar-refractivity contribution in [3.8, 4) is 5.75 Å². The van der Waals surface area contributed by atoms with Crippen LogP contribution in [-0.2, 0) is 25.5 Å². The molecule has 0 fully saturated rings. The van der Waals surface area contributed by atoms with Gasteiger partial charge in [-0.25, -0.2) is 9.59 Å². The van der Waals surface area contributed by atoms with Gasteiger partial charge in [-0.05, 0) is 57.2 Å². The van der Waals surface area contributed by atoms with Crippen molar-refractivity contribution in [1.29, 1.82) is 0 Å². The molecule has 0 aliphatic rings. The molecule has 0 radical (unpaired) electrons. The van der Waals surface area contributed by atoms with E-state index in [4.69, 9.17) is 14.2 Å². The Morgan fingerprint density at radius 1 is 1.09 bits per heavy atom. The lowest BCUT2D eigenvalue weighted by atomic mass is 9.98. The zero-order valence-corrected chi connectivity index (χ0v) is 21.3. The van der Waals surface area contributed by atoms with Gasteiger partial charge in [-0.3, -0.25) is 4.79 Å². The lowest BCUT2D eigenvalue weighted by molar-refractivity contribution is -0.145. The fourth-order valence-electron chi connectivity index (χ4n) is 3.07. The smallest absolute Gasteiger partial charge is 0.408 e. The number of nitrogens with one attached hydrogen (secondary N) is 2. The van der Waals surface area contributed by atoms with Crippen LogP contribution in [0.25, 0.3) is 0 Å². The van der Waals surface area contributed by atoms with Crippen molar-refractivity contribution < 1.29 is 28.6 Å². The van der Waals surface area contributed by atoms with E-state index in [1.165, 1.54) is 7.11 Å². The number of carbonyl (C=O) groups is 3. The second-order valence-electron chi connectivity index (χ2n) is 9.31. The molecule has 0 aromatic heterocycles. The van der Waals surface area contributed by atoms with Crippen molar-refractivity contribution in [2.75, 3.05) is 13.7 Å². The normalized spacial score (nSPS) is 13.7. The first-order valence-corrected chi connectivity index (χ1v) is 11.7. The maximum atomic E-state index is 13.2. The lowest BCUT2D eigenvalue weighted by Gasteiger charge is -2.25. The van der Waals surface area contributed by atoms with Gasteiger partial charge in [-0.2, -0.15) is 0 Å². The highest BCUT2D eigenvalue weighted by atomic mass is 16.6. The zero-order chi connectivity index (χ0) is 25.7. The summed E-state index contributed by atoms with van der Waals surface area (Å²) in [7, 11) is 1.28. The van der Waals surface area contributed by atoms with Crippen molar-refractivity contribution >= 4 is 18.0 Å². The molecule has 2 amide bonds. The Morgan fingerprint density at radius 3 is 2.26 bits per heavy atom. The van der Waals surface area contributed by atoms with Crippen LogP contribution in [-0.4, -0.2) is 49.4 Å². The number of alkyl carbamates (subject to hydrolysis) is 1. The molecular formula is C26H40N2O6. The molecule has 8 heteroatoms. The van der Waals surface area contributed by atoms with E-state index in [-0.39, 0.29) is 12.3 Å². The first-order chi connectivity index (χ1) is 16.0. The molecule has 0 aliphatic carbocycles. The van der Waals surface area contributed by atoms with E-state index in [1.807, 2.05) is 26.0 Å². The van der Waals surface area contributed by atoms with Gasteiger partial charge in [-0.15, -0.1) is 6.58 Å². The molecule has 190 valence electrons. The Labute approximate surface area is 203 Å². The molecule has 0 saturated carbocycles. The predicted molar refractivity (Wildman–Crippen MR) is 132 cm³/mol. The molecule has 0 heterocycles. The third-order valence-electron chi connectivity index (χ3n) is 5.10. The maximum Gasteiger partial charge on any atom is 0.408 e. The van der Waals surface area contributed by atoms with Crippen LogP contribution in [0.4, 0.5) is 4.79 Å². The Bertz CT molecular complexity index is 801. The molecule has 1 rings (SSSR count). The van der Waals surface area contributed by atoms with Gasteiger partial charge in [0.1, 0.15) is 23.4 Å². The number of carbonyl (C=O) groups excluding carboxylic acids is 3. The van der Waals surface area contributed by atoms with Gasteiger partial charge in [0.05, 0.1) is 13.7 Å². The van der Waals surface area contributed by atoms with Crippen LogP contribution in [0.2, 0.25) is 0 Å². The Kier molecular flexibility index (Phi) is 12.2. The van der Waals surface area contributed by atoms with E-state index in [1.54, 1.807) is 39.0 Å². The van der Waals surface area contributed by atoms with Crippen LogP contribution in [0.1, 0.15) is 59.4 Å². The maximum absolute atomic E-state index is 13.2. The standard InChI is InChI=1S/C26H40N2O6/c1-8-10-15-33-20-13-11-19(12-14-20)17-21(28-25(31)34-26(4,5)6)23(29)27-22(24(30)32-7)16-18(3)9-2/h8,11-14,18,21-22H,1,9-10,15-17H2,2-7H3,(H,27,29)(H,28,31). The quantitative estimate of drug-likeness (QED) is 0.252. The summed E-state index contributed by atoms with van der Waals surface area (Å²) in [5.41, 5.74) is 0.0875. The van der Waals surface area contributed by atoms with Crippen LogP contribution in [0.5, 0.6) is 5.75 Å². The van der Waals surface area contributed by atoms with Gasteiger partial charge in [0.15, 0.2) is 0 Å². The van der Waals surface area contributed by atoms with E-state index < -0.39 is 35.7 Å². The van der Waals surface area contributed by atoms with Crippen molar-refractivity contribution in [3.63, 3.8) is 0 Å². The minimum atomic E-state index is -0.952. The highest BCUT2D eigenvalue weighted by Gasteiger charge is 2.29. The molecule has 3 atom stereocenters. The van der Waals surface area contributed by atoms with Crippen LogP contribution in [0.15, 0.2) is 36.9 Å². The monoisotopic (exact) mass is 476 g/mol. The first kappa shape index (κ1) is 29.0. The molecule has 0 spiro atoms. The summed E-state index contributed by atoms with van der Waals surface area (Å²) in [5, 5.41) is 5.39. The Hall–Kier alpha value is -3.03. The number of amides is 2. The third-order valence-corrected chi connectivity index (χ3v) is 5.10. The van der Waals surface area contributed by atoms with E-state index >= 15 is 0 Å². The molecule has 0 saturated heterocycles. The summed E-state index contributed by atoms with van der Waals surface area (Å²) >= 11 is 0. The highest BCUT2D eigenvalue weighted by molar-refractivity contribution is 5.89. The highest BCUT2D eigenvalue weighted by Crippen LogP contribution is 2.16. The molecule has 1 aromatic rings. The van der Waals surface area contributed by atoms with E-state index in [0.717, 1.165) is 18.4 Å². The van der Waals surface area contributed by atoms with Crippen molar-refractivity contribution in [3.05, 3.63) is 42.5 Å². The average Bonchev–Trinajstić information content (AvgIpc) is 2.77. The predicted octanol–water partition coefficient (Wildman–Crippen LogP) is 4.17. The molecule has 34 heavy (non-hydrogen) atoms.